The molecule has 10 nitrogen and oxygen atoms in total. The average molecular weight is 564 g/mol. The smallest absolute Gasteiger partial charge is 0.310 e. The van der Waals surface area contributed by atoms with Crippen molar-refractivity contribution in [3.05, 3.63) is 64.7 Å². The summed E-state index contributed by atoms with van der Waals surface area (Å²) in [6.45, 7) is 6.52. The maximum absolute atomic E-state index is 12.8. The van der Waals surface area contributed by atoms with Gasteiger partial charge in [0.15, 0.2) is 11.2 Å². The molecule has 0 unspecified atom stereocenters. The molecule has 0 saturated heterocycles. The highest BCUT2D eigenvalue weighted by Gasteiger charge is 2.42. The minimum atomic E-state index is -0.546. The van der Waals surface area contributed by atoms with Crippen molar-refractivity contribution >= 4 is 29.1 Å². The number of aromatic amines is 1. The Morgan fingerprint density at radius 1 is 1.07 bits per heavy atom. The zero-order chi connectivity index (χ0) is 29.2. The van der Waals surface area contributed by atoms with Gasteiger partial charge in [-0.15, -0.1) is 0 Å². The van der Waals surface area contributed by atoms with Gasteiger partial charge < -0.3 is 19.8 Å². The Hall–Kier alpha value is -3.95. The number of anilines is 1. The quantitative estimate of drug-likeness (QED) is 0.149. The fourth-order valence-electron chi connectivity index (χ4n) is 5.46. The highest BCUT2D eigenvalue weighted by Crippen LogP contribution is 2.42. The number of benzene rings is 1. The molecule has 0 amide bonds. The third-order valence-electron chi connectivity index (χ3n) is 7.73. The molecule has 2 aromatic heterocycles. The number of nitrogen functional groups attached to an aromatic ring is 1. The molecule has 1 fully saturated rings. The Labute approximate surface area is 240 Å². The fourth-order valence-corrected chi connectivity index (χ4v) is 5.46. The Morgan fingerprint density at radius 2 is 1.78 bits per heavy atom. The van der Waals surface area contributed by atoms with Crippen molar-refractivity contribution in [3.8, 4) is 0 Å². The van der Waals surface area contributed by atoms with E-state index in [1.54, 1.807) is 4.57 Å². The summed E-state index contributed by atoms with van der Waals surface area (Å²) < 4.78 is 13.3. The SMILES string of the molecule is C=C1[C@H](COC(=O)Cc2ccccc2)[C@@H](OC(=O)CCCCCCCCCC)C[C@@H]1n1cnc2c(=O)[nH]c(N)nc21. The largest absolute Gasteiger partial charge is 0.465 e. The highest BCUT2D eigenvalue weighted by atomic mass is 16.6. The number of rotatable bonds is 15. The van der Waals surface area contributed by atoms with Crippen LogP contribution in [0.5, 0.6) is 0 Å². The van der Waals surface area contributed by atoms with E-state index in [2.05, 4.69) is 28.5 Å². The number of imidazole rings is 1. The molecule has 0 spiro atoms. The van der Waals surface area contributed by atoms with Crippen molar-refractivity contribution in [1.82, 2.24) is 19.5 Å². The number of carbonyl (C=O) groups excluding carboxylic acids is 2. The molecule has 220 valence electrons. The number of nitrogens with two attached hydrogens (primary N) is 1. The number of nitrogens with zero attached hydrogens (tertiary/aromatic N) is 3. The van der Waals surface area contributed by atoms with Gasteiger partial charge in [-0.3, -0.25) is 19.4 Å². The van der Waals surface area contributed by atoms with E-state index < -0.39 is 17.6 Å². The Balaban J connectivity index is 1.41. The van der Waals surface area contributed by atoms with Gasteiger partial charge in [0.25, 0.3) is 5.56 Å². The molecule has 41 heavy (non-hydrogen) atoms. The molecule has 4 rings (SSSR count). The van der Waals surface area contributed by atoms with Crippen LogP contribution in [0.3, 0.4) is 0 Å². The van der Waals surface area contributed by atoms with E-state index in [0.29, 0.717) is 24.1 Å². The van der Waals surface area contributed by atoms with Gasteiger partial charge >= 0.3 is 11.9 Å². The topological polar surface area (TPSA) is 142 Å². The molecule has 1 aromatic carbocycles. The summed E-state index contributed by atoms with van der Waals surface area (Å²) in [6.07, 6.45) is 10.9. The lowest BCUT2D eigenvalue weighted by Crippen LogP contribution is -2.27. The normalized spacial score (nSPS) is 18.6. The van der Waals surface area contributed by atoms with Crippen LogP contribution in [0.15, 0.2) is 53.6 Å². The number of ether oxygens (including phenoxy) is 2. The Kier molecular flexibility index (Phi) is 10.7. The first-order chi connectivity index (χ1) is 19.9. The van der Waals surface area contributed by atoms with Gasteiger partial charge in [0, 0.05) is 12.8 Å². The van der Waals surface area contributed by atoms with Crippen LogP contribution in [0.1, 0.15) is 82.7 Å². The summed E-state index contributed by atoms with van der Waals surface area (Å²) in [5.74, 6) is -1.08. The molecule has 3 atom stereocenters. The van der Waals surface area contributed by atoms with Crippen molar-refractivity contribution in [3.63, 3.8) is 0 Å². The first-order valence-electron chi connectivity index (χ1n) is 14.7. The number of carbonyl (C=O) groups is 2. The molecular weight excluding hydrogens is 522 g/mol. The standard InChI is InChI=1S/C31H41N5O5/c1-3-4-5-6-7-8-9-13-16-26(37)41-25-18-24(36-20-33-28-29(36)34-31(32)35-30(28)39)21(2)23(25)19-40-27(38)17-22-14-11-10-12-15-22/h10-12,14-15,20,23-25H,2-9,13,16-19H2,1H3,(H3,32,34,35,39)/t23-,24-,25-/m0/s1. The number of esters is 2. The first-order valence-corrected chi connectivity index (χ1v) is 14.7. The molecule has 1 saturated carbocycles. The number of aromatic nitrogens is 4. The van der Waals surface area contributed by atoms with Crippen molar-refractivity contribution in [2.75, 3.05) is 12.3 Å². The van der Waals surface area contributed by atoms with Gasteiger partial charge in [-0.1, -0.05) is 88.8 Å². The third-order valence-corrected chi connectivity index (χ3v) is 7.73. The predicted molar refractivity (Wildman–Crippen MR) is 157 cm³/mol. The number of H-pyrrole nitrogens is 1. The summed E-state index contributed by atoms with van der Waals surface area (Å²) in [5.41, 5.74) is 7.40. The van der Waals surface area contributed by atoms with E-state index in [-0.39, 0.29) is 42.5 Å². The molecule has 1 aliphatic carbocycles. The van der Waals surface area contributed by atoms with Crippen LogP contribution < -0.4 is 11.3 Å². The van der Waals surface area contributed by atoms with Crippen LogP contribution in [-0.4, -0.2) is 44.2 Å². The Bertz CT molecular complexity index is 1380. The molecule has 10 heteroatoms. The maximum Gasteiger partial charge on any atom is 0.310 e. The van der Waals surface area contributed by atoms with Gasteiger partial charge in [0.05, 0.1) is 24.7 Å². The van der Waals surface area contributed by atoms with Crippen molar-refractivity contribution in [1.29, 1.82) is 0 Å². The highest BCUT2D eigenvalue weighted by molar-refractivity contribution is 5.73. The monoisotopic (exact) mass is 563 g/mol. The molecule has 0 radical (unpaired) electrons. The van der Waals surface area contributed by atoms with E-state index in [9.17, 15) is 14.4 Å². The minimum Gasteiger partial charge on any atom is -0.465 e. The lowest BCUT2D eigenvalue weighted by atomic mass is 10.0. The van der Waals surface area contributed by atoms with E-state index in [4.69, 9.17) is 15.2 Å². The van der Waals surface area contributed by atoms with Gasteiger partial charge in [-0.2, -0.15) is 4.98 Å². The lowest BCUT2D eigenvalue weighted by Gasteiger charge is -2.20. The van der Waals surface area contributed by atoms with Crippen LogP contribution in [0.25, 0.3) is 11.2 Å². The molecule has 0 aliphatic heterocycles. The minimum absolute atomic E-state index is 0.0207. The van der Waals surface area contributed by atoms with Gasteiger partial charge in [-0.25, -0.2) is 4.98 Å². The number of hydrogen-bond donors (Lipinski definition) is 2. The molecule has 3 N–H and O–H groups in total. The zero-order valence-electron chi connectivity index (χ0n) is 23.8. The van der Waals surface area contributed by atoms with Crippen molar-refractivity contribution in [2.24, 2.45) is 5.92 Å². The second-order valence-electron chi connectivity index (χ2n) is 10.8. The predicted octanol–water partition coefficient (Wildman–Crippen LogP) is 5.05. The van der Waals surface area contributed by atoms with E-state index in [1.165, 1.54) is 38.4 Å². The summed E-state index contributed by atoms with van der Waals surface area (Å²) in [4.78, 5) is 48.7. The number of hydrogen-bond acceptors (Lipinski definition) is 8. The van der Waals surface area contributed by atoms with Crippen LogP contribution >= 0.6 is 0 Å². The second kappa shape index (κ2) is 14.6. The Morgan fingerprint density at radius 3 is 2.51 bits per heavy atom. The molecule has 0 bridgehead atoms. The average Bonchev–Trinajstić information content (AvgIpc) is 3.50. The summed E-state index contributed by atoms with van der Waals surface area (Å²) in [6, 6.07) is 9.00. The summed E-state index contributed by atoms with van der Waals surface area (Å²) in [7, 11) is 0. The number of nitrogens with one attached hydrogen (secondary N) is 1. The van der Waals surface area contributed by atoms with E-state index >= 15 is 0 Å². The van der Waals surface area contributed by atoms with Gasteiger partial charge in [-0.05, 0) is 17.6 Å². The van der Waals surface area contributed by atoms with Crippen molar-refractivity contribution in [2.45, 2.75) is 89.7 Å². The number of unbranched alkanes of at least 4 members (excludes halogenated alkanes) is 7. The van der Waals surface area contributed by atoms with E-state index in [0.717, 1.165) is 24.8 Å². The second-order valence-corrected chi connectivity index (χ2v) is 10.8. The molecule has 1 aliphatic rings. The third kappa shape index (κ3) is 8.05. The molecule has 2 heterocycles. The van der Waals surface area contributed by atoms with Gasteiger partial charge in [0.2, 0.25) is 5.95 Å². The van der Waals surface area contributed by atoms with E-state index in [1.807, 2.05) is 30.3 Å². The van der Waals surface area contributed by atoms with Gasteiger partial charge in [0.1, 0.15) is 12.7 Å². The fraction of sp³-hybridized carbons (Fsp3) is 0.516. The van der Waals surface area contributed by atoms with Crippen LogP contribution in [0.2, 0.25) is 0 Å². The summed E-state index contributed by atoms with van der Waals surface area (Å²) >= 11 is 0. The molecule has 3 aromatic rings. The van der Waals surface area contributed by atoms with Crippen LogP contribution in [-0.2, 0) is 25.5 Å². The lowest BCUT2D eigenvalue weighted by molar-refractivity contribution is -0.153. The van der Waals surface area contributed by atoms with Crippen LogP contribution in [0.4, 0.5) is 5.95 Å². The zero-order valence-corrected chi connectivity index (χ0v) is 23.8. The van der Waals surface area contributed by atoms with Crippen LogP contribution in [0, 0.1) is 5.92 Å². The summed E-state index contributed by atoms with van der Waals surface area (Å²) in [5, 5.41) is 0. The molecular formula is C31H41N5O5. The first kappa shape index (κ1) is 30.0. The van der Waals surface area contributed by atoms with Crippen molar-refractivity contribution < 1.29 is 19.1 Å². The maximum atomic E-state index is 12.8. The number of fused-ring (bicyclic) bond motifs is 1.